The molecule has 30 heavy (non-hydrogen) atoms. The van der Waals surface area contributed by atoms with Gasteiger partial charge in [-0.1, -0.05) is 38.2 Å². The molecular formula is C24H40O6. The average Bonchev–Trinajstić information content (AvgIpc) is 2.68. The van der Waals surface area contributed by atoms with Crippen LogP contribution < -0.4 is 0 Å². The van der Waals surface area contributed by atoms with Crippen LogP contribution >= 0.6 is 0 Å². The first kappa shape index (κ1) is 23.9. The molecule has 6 nitrogen and oxygen atoms in total. The van der Waals surface area contributed by atoms with E-state index < -0.39 is 36.6 Å². The molecule has 0 aliphatic heterocycles. The Balaban J connectivity index is 1.58. The van der Waals surface area contributed by atoms with Crippen LogP contribution in [0.15, 0.2) is 24.3 Å². The molecule has 0 radical (unpaired) electrons. The van der Waals surface area contributed by atoms with Crippen LogP contribution in [-0.4, -0.2) is 67.3 Å². The maximum atomic E-state index is 10.5. The van der Waals surface area contributed by atoms with E-state index >= 15 is 0 Å². The second kappa shape index (κ2) is 10.2. The van der Waals surface area contributed by atoms with Crippen LogP contribution in [0.2, 0.25) is 0 Å². The summed E-state index contributed by atoms with van der Waals surface area (Å²) in [6, 6.07) is 0. The van der Waals surface area contributed by atoms with E-state index in [2.05, 4.69) is 12.2 Å². The SMILES string of the molecule is CC1CC(/C=C/C2CC(/C=C/C3CC(C)C(O)C(O)C3)C(O)CC2O)CC(O)C1O. The van der Waals surface area contributed by atoms with Crippen molar-refractivity contribution in [3.05, 3.63) is 24.3 Å². The Labute approximate surface area is 180 Å². The van der Waals surface area contributed by atoms with Crippen molar-refractivity contribution in [1.29, 1.82) is 0 Å². The summed E-state index contributed by atoms with van der Waals surface area (Å²) in [5, 5.41) is 60.8. The predicted octanol–water partition coefficient (Wildman–Crippen LogP) is 1.38. The number of allylic oxidation sites excluding steroid dienone is 2. The maximum absolute atomic E-state index is 10.5. The summed E-state index contributed by atoms with van der Waals surface area (Å²) in [5.74, 6) is 0.346. The first-order chi connectivity index (χ1) is 14.2. The van der Waals surface area contributed by atoms with Gasteiger partial charge in [0, 0.05) is 18.3 Å². The minimum Gasteiger partial charge on any atom is -0.392 e. The Morgan fingerprint density at radius 2 is 0.867 bits per heavy atom. The van der Waals surface area contributed by atoms with Crippen molar-refractivity contribution in [2.24, 2.45) is 35.5 Å². The van der Waals surface area contributed by atoms with E-state index in [1.807, 2.05) is 26.0 Å². The van der Waals surface area contributed by atoms with E-state index in [-0.39, 0.29) is 35.5 Å². The molecule has 0 saturated heterocycles. The third-order valence-corrected chi connectivity index (χ3v) is 7.67. The summed E-state index contributed by atoms with van der Waals surface area (Å²) < 4.78 is 0. The van der Waals surface area contributed by atoms with E-state index in [1.165, 1.54) is 0 Å². The van der Waals surface area contributed by atoms with Gasteiger partial charge in [-0.15, -0.1) is 0 Å². The molecule has 3 fully saturated rings. The molecule has 0 amide bonds. The largest absolute Gasteiger partial charge is 0.392 e. The van der Waals surface area contributed by atoms with Gasteiger partial charge in [0.05, 0.1) is 36.6 Å². The number of hydrogen-bond acceptors (Lipinski definition) is 6. The highest BCUT2D eigenvalue weighted by Crippen LogP contribution is 2.36. The standard InChI is InChI=1S/C24H40O6/c1-13-7-15(9-21(27)23(13)29)3-5-17-11-18(20(26)12-19(17)25)6-4-16-8-14(2)24(30)22(28)10-16/h3-6,13-30H,7-12H2,1-2H3/b5-3+,6-4+. The van der Waals surface area contributed by atoms with Crippen LogP contribution in [0.4, 0.5) is 0 Å². The summed E-state index contributed by atoms with van der Waals surface area (Å²) in [7, 11) is 0. The topological polar surface area (TPSA) is 121 Å². The zero-order valence-corrected chi connectivity index (χ0v) is 18.2. The molecular weight excluding hydrogens is 384 g/mol. The third-order valence-electron chi connectivity index (χ3n) is 7.67. The normalized spacial score (nSPS) is 50.9. The van der Waals surface area contributed by atoms with Gasteiger partial charge in [-0.3, -0.25) is 0 Å². The summed E-state index contributed by atoms with van der Waals surface area (Å²) >= 11 is 0. The fourth-order valence-corrected chi connectivity index (χ4v) is 5.64. The highest BCUT2D eigenvalue weighted by Gasteiger charge is 2.36. The molecule has 0 aromatic rings. The number of aliphatic hydroxyl groups is 6. The molecule has 172 valence electrons. The quantitative estimate of drug-likeness (QED) is 0.379. The minimum atomic E-state index is -0.705. The van der Waals surface area contributed by atoms with Gasteiger partial charge < -0.3 is 30.6 Å². The first-order valence-corrected chi connectivity index (χ1v) is 11.6. The van der Waals surface area contributed by atoms with Crippen molar-refractivity contribution in [3.63, 3.8) is 0 Å². The lowest BCUT2D eigenvalue weighted by Crippen LogP contribution is -2.40. The van der Waals surface area contributed by atoms with Gasteiger partial charge in [-0.05, 0) is 55.8 Å². The third kappa shape index (κ3) is 5.72. The molecule has 3 saturated carbocycles. The van der Waals surface area contributed by atoms with Crippen LogP contribution in [-0.2, 0) is 0 Å². The molecule has 6 heteroatoms. The van der Waals surface area contributed by atoms with Crippen molar-refractivity contribution in [3.8, 4) is 0 Å². The van der Waals surface area contributed by atoms with Crippen LogP contribution in [0.1, 0.15) is 52.4 Å². The van der Waals surface area contributed by atoms with Crippen LogP contribution in [0.3, 0.4) is 0 Å². The van der Waals surface area contributed by atoms with Crippen LogP contribution in [0.5, 0.6) is 0 Å². The molecule has 0 aromatic heterocycles. The predicted molar refractivity (Wildman–Crippen MR) is 114 cm³/mol. The van der Waals surface area contributed by atoms with E-state index in [4.69, 9.17) is 0 Å². The molecule has 12 atom stereocenters. The summed E-state index contributed by atoms with van der Waals surface area (Å²) in [5.41, 5.74) is 0. The number of rotatable bonds is 4. The van der Waals surface area contributed by atoms with Gasteiger partial charge in [0.2, 0.25) is 0 Å². The lowest BCUT2D eigenvalue weighted by Gasteiger charge is -2.36. The molecule has 3 rings (SSSR count). The molecule has 12 unspecified atom stereocenters. The highest BCUT2D eigenvalue weighted by molar-refractivity contribution is 5.07. The Hall–Kier alpha value is -0.760. The van der Waals surface area contributed by atoms with Crippen molar-refractivity contribution in [2.75, 3.05) is 0 Å². The minimum absolute atomic E-state index is 0.0453. The Kier molecular flexibility index (Phi) is 8.15. The fourth-order valence-electron chi connectivity index (χ4n) is 5.64. The summed E-state index contributed by atoms with van der Waals surface area (Å²) in [4.78, 5) is 0. The van der Waals surface area contributed by atoms with Crippen molar-refractivity contribution in [1.82, 2.24) is 0 Å². The molecule has 0 aromatic carbocycles. The Morgan fingerprint density at radius 1 is 0.467 bits per heavy atom. The average molecular weight is 425 g/mol. The smallest absolute Gasteiger partial charge is 0.0824 e. The fraction of sp³-hybridized carbons (Fsp3) is 0.833. The molecule has 3 aliphatic carbocycles. The molecule has 3 aliphatic rings. The van der Waals surface area contributed by atoms with Gasteiger partial charge in [0.25, 0.3) is 0 Å². The maximum Gasteiger partial charge on any atom is 0.0824 e. The number of aliphatic hydroxyl groups excluding tert-OH is 6. The molecule has 0 heterocycles. The van der Waals surface area contributed by atoms with Crippen LogP contribution in [0.25, 0.3) is 0 Å². The lowest BCUT2D eigenvalue weighted by atomic mass is 9.74. The van der Waals surface area contributed by atoms with E-state index in [1.54, 1.807) is 0 Å². The van der Waals surface area contributed by atoms with Crippen LogP contribution in [0, 0.1) is 35.5 Å². The van der Waals surface area contributed by atoms with E-state index in [9.17, 15) is 30.6 Å². The molecule has 0 spiro atoms. The molecule has 6 N–H and O–H groups in total. The van der Waals surface area contributed by atoms with Gasteiger partial charge >= 0.3 is 0 Å². The zero-order valence-electron chi connectivity index (χ0n) is 18.2. The summed E-state index contributed by atoms with van der Waals surface area (Å²) in [6.45, 7) is 3.89. The van der Waals surface area contributed by atoms with Gasteiger partial charge in [-0.2, -0.15) is 0 Å². The zero-order chi connectivity index (χ0) is 22.0. The number of hydrogen-bond donors (Lipinski definition) is 6. The van der Waals surface area contributed by atoms with Gasteiger partial charge in [-0.25, -0.2) is 0 Å². The van der Waals surface area contributed by atoms with Crippen molar-refractivity contribution >= 4 is 0 Å². The highest BCUT2D eigenvalue weighted by atomic mass is 16.3. The second-order valence-corrected chi connectivity index (χ2v) is 10.2. The monoisotopic (exact) mass is 424 g/mol. The second-order valence-electron chi connectivity index (χ2n) is 10.2. The van der Waals surface area contributed by atoms with Crippen molar-refractivity contribution in [2.45, 2.75) is 89.0 Å². The Bertz CT molecular complexity index is 533. The Morgan fingerprint density at radius 3 is 1.23 bits per heavy atom. The van der Waals surface area contributed by atoms with Crippen molar-refractivity contribution < 1.29 is 30.6 Å². The van der Waals surface area contributed by atoms with E-state index in [0.29, 0.717) is 25.7 Å². The first-order valence-electron chi connectivity index (χ1n) is 11.6. The van der Waals surface area contributed by atoms with Gasteiger partial charge in [0.15, 0.2) is 0 Å². The van der Waals surface area contributed by atoms with Gasteiger partial charge in [0.1, 0.15) is 0 Å². The lowest BCUT2D eigenvalue weighted by molar-refractivity contribution is -0.0503. The summed E-state index contributed by atoms with van der Waals surface area (Å²) in [6.07, 6.45) is 7.95. The molecule has 0 bridgehead atoms. The van der Waals surface area contributed by atoms with E-state index in [0.717, 1.165) is 12.8 Å².